The molecule has 4 aromatic rings. The highest BCUT2D eigenvalue weighted by atomic mass is 32.2. The lowest BCUT2D eigenvalue weighted by Crippen LogP contribution is -2.33. The van der Waals surface area contributed by atoms with E-state index in [0.717, 1.165) is 42.1 Å². The normalized spacial score (nSPS) is 18.2. The quantitative estimate of drug-likeness (QED) is 0.174. The van der Waals surface area contributed by atoms with Crippen molar-refractivity contribution in [1.82, 2.24) is 14.7 Å². The van der Waals surface area contributed by atoms with Gasteiger partial charge in [-0.25, -0.2) is 13.1 Å². The molecular formula is C34H42N4O6S. The highest BCUT2D eigenvalue weighted by molar-refractivity contribution is 7.93. The zero-order chi connectivity index (χ0) is 31.2. The number of hydrogen-bond donors (Lipinski definition) is 3. The van der Waals surface area contributed by atoms with Crippen LogP contribution in [0.25, 0.3) is 10.9 Å². The van der Waals surface area contributed by atoms with Gasteiger partial charge in [0.25, 0.3) is 0 Å². The topological polar surface area (TPSA) is 126 Å². The second kappa shape index (κ2) is 14.3. The third kappa shape index (κ3) is 7.67. The van der Waals surface area contributed by atoms with E-state index in [2.05, 4.69) is 26.9 Å². The van der Waals surface area contributed by atoms with E-state index < -0.39 is 16.1 Å². The molecule has 2 fully saturated rings. The molecule has 3 aromatic carbocycles. The fourth-order valence-electron chi connectivity index (χ4n) is 5.98. The summed E-state index contributed by atoms with van der Waals surface area (Å²) in [5, 5.41) is 26.3. The molecule has 1 unspecified atom stereocenters. The summed E-state index contributed by atoms with van der Waals surface area (Å²) in [6.45, 7) is 2.42. The summed E-state index contributed by atoms with van der Waals surface area (Å²) in [5.41, 5.74) is 3.71. The smallest absolute Gasteiger partial charge is 0.235 e. The van der Waals surface area contributed by atoms with Crippen molar-refractivity contribution >= 4 is 26.6 Å². The number of nitrogens with zero attached hydrogens (tertiary/aromatic N) is 3. The summed E-state index contributed by atoms with van der Waals surface area (Å²) >= 11 is 0. The first kappa shape index (κ1) is 31.5. The number of rotatable bonds is 14. The molecule has 2 atom stereocenters. The first-order chi connectivity index (χ1) is 21.9. The molecular weight excluding hydrogens is 592 g/mol. The number of ether oxygens (including phenoxy) is 2. The summed E-state index contributed by atoms with van der Waals surface area (Å²) in [7, 11) is -3.43. The van der Waals surface area contributed by atoms with E-state index in [1.807, 2.05) is 47.1 Å². The van der Waals surface area contributed by atoms with Gasteiger partial charge < -0.3 is 19.7 Å². The summed E-state index contributed by atoms with van der Waals surface area (Å²) in [5.74, 6) is 0.690. The predicted molar refractivity (Wildman–Crippen MR) is 173 cm³/mol. The van der Waals surface area contributed by atoms with Gasteiger partial charge in [0.1, 0.15) is 12.4 Å². The van der Waals surface area contributed by atoms with Gasteiger partial charge in [-0.3, -0.25) is 9.62 Å². The molecule has 2 aliphatic rings. The van der Waals surface area contributed by atoms with Crippen LogP contribution in [0.15, 0.2) is 72.8 Å². The minimum absolute atomic E-state index is 0.150. The van der Waals surface area contributed by atoms with Crippen LogP contribution < -0.4 is 9.46 Å². The van der Waals surface area contributed by atoms with Crippen LogP contribution in [-0.4, -0.2) is 64.9 Å². The Morgan fingerprint density at radius 1 is 1.02 bits per heavy atom. The first-order valence-electron chi connectivity index (χ1n) is 15.8. The van der Waals surface area contributed by atoms with Crippen LogP contribution in [0.2, 0.25) is 0 Å². The summed E-state index contributed by atoms with van der Waals surface area (Å²) in [6.07, 6.45) is 4.29. The molecule has 11 heteroatoms. The summed E-state index contributed by atoms with van der Waals surface area (Å²) in [6, 6.07) is 22.9. The van der Waals surface area contributed by atoms with Crippen molar-refractivity contribution in [2.45, 2.75) is 69.3 Å². The average molecular weight is 635 g/mol. The van der Waals surface area contributed by atoms with Gasteiger partial charge in [-0.2, -0.15) is 5.10 Å². The van der Waals surface area contributed by atoms with Crippen LogP contribution in [0.1, 0.15) is 67.7 Å². The number of aliphatic hydroxyl groups is 2. The molecule has 0 amide bonds. The Labute approximate surface area is 264 Å². The van der Waals surface area contributed by atoms with E-state index >= 15 is 0 Å². The maximum absolute atomic E-state index is 12.6. The lowest BCUT2D eigenvalue weighted by atomic mass is 10.0. The van der Waals surface area contributed by atoms with Gasteiger partial charge in [-0.05, 0) is 67.5 Å². The number of sulfonamides is 1. The van der Waals surface area contributed by atoms with Crippen molar-refractivity contribution in [3.05, 3.63) is 89.6 Å². The van der Waals surface area contributed by atoms with Crippen LogP contribution in [-0.2, 0) is 27.9 Å². The molecule has 1 saturated carbocycles. The molecule has 2 heterocycles. The molecule has 45 heavy (non-hydrogen) atoms. The van der Waals surface area contributed by atoms with Crippen molar-refractivity contribution in [2.24, 2.45) is 0 Å². The monoisotopic (exact) mass is 634 g/mol. The molecule has 6 rings (SSSR count). The maximum Gasteiger partial charge on any atom is 0.235 e. The lowest BCUT2D eigenvalue weighted by Gasteiger charge is -2.27. The van der Waals surface area contributed by atoms with Gasteiger partial charge in [0.2, 0.25) is 10.0 Å². The molecule has 3 N–H and O–H groups in total. The van der Waals surface area contributed by atoms with E-state index in [9.17, 15) is 18.6 Å². The molecule has 1 aliphatic heterocycles. The van der Waals surface area contributed by atoms with Crippen molar-refractivity contribution in [1.29, 1.82) is 0 Å². The Morgan fingerprint density at radius 2 is 1.87 bits per heavy atom. The Kier molecular flexibility index (Phi) is 10.0. The fraction of sp³-hybridized carbons (Fsp3) is 0.441. The average Bonchev–Trinajstić information content (AvgIpc) is 3.39. The third-order valence-corrected chi connectivity index (χ3v) is 10.6. The SMILES string of the molecule is O=S(=O)(Nc1cccc([C@@H](O)CN(CCOc2ccc3c(CO)nn(C4CCCCO4)c3c2)Cc2ccccc2)c1)C1CCC1. The number of fused-ring (bicyclic) bond motifs is 1. The summed E-state index contributed by atoms with van der Waals surface area (Å²) in [4.78, 5) is 2.13. The maximum atomic E-state index is 12.6. The van der Waals surface area contributed by atoms with Crippen molar-refractivity contribution in [3.63, 3.8) is 0 Å². The zero-order valence-corrected chi connectivity index (χ0v) is 26.2. The molecule has 1 aromatic heterocycles. The number of aromatic nitrogens is 2. The second-order valence-corrected chi connectivity index (χ2v) is 13.9. The number of aliphatic hydroxyl groups excluding tert-OH is 2. The minimum Gasteiger partial charge on any atom is -0.492 e. The Bertz CT molecular complexity index is 1670. The van der Waals surface area contributed by atoms with Crippen LogP contribution in [0, 0.1) is 0 Å². The van der Waals surface area contributed by atoms with Gasteiger partial charge in [0, 0.05) is 43.4 Å². The number of nitrogens with one attached hydrogen (secondary N) is 1. The van der Waals surface area contributed by atoms with Gasteiger partial charge in [-0.15, -0.1) is 0 Å². The van der Waals surface area contributed by atoms with E-state index in [4.69, 9.17) is 9.47 Å². The molecule has 0 radical (unpaired) electrons. The van der Waals surface area contributed by atoms with E-state index in [1.54, 1.807) is 18.2 Å². The highest BCUT2D eigenvalue weighted by Crippen LogP contribution is 2.31. The lowest BCUT2D eigenvalue weighted by molar-refractivity contribution is -0.0370. The molecule has 1 saturated heterocycles. The molecule has 10 nitrogen and oxygen atoms in total. The van der Waals surface area contributed by atoms with Crippen LogP contribution in [0.4, 0.5) is 5.69 Å². The van der Waals surface area contributed by atoms with E-state index in [0.29, 0.717) is 68.4 Å². The van der Waals surface area contributed by atoms with E-state index in [1.165, 1.54) is 0 Å². The van der Waals surface area contributed by atoms with E-state index in [-0.39, 0.29) is 18.1 Å². The zero-order valence-electron chi connectivity index (χ0n) is 25.4. The standard InChI is InChI=1S/C34H42N4O6S/c39-24-31-30-16-15-28(21-32(30)38(35-31)34-14-4-5-18-44-34)43-19-17-37(22-25-8-2-1-3-9-25)23-33(40)26-10-6-11-27(20-26)36-45(41,42)29-12-7-13-29/h1-3,6,8-11,15-16,20-21,29,33-34,36,39-40H,4-5,7,12-14,17-19,22-24H2/t33-,34?/m0/s1. The van der Waals surface area contributed by atoms with Crippen LogP contribution in [0.3, 0.4) is 0 Å². The number of benzene rings is 3. The largest absolute Gasteiger partial charge is 0.492 e. The summed E-state index contributed by atoms with van der Waals surface area (Å²) < 4.78 is 42.1. The van der Waals surface area contributed by atoms with Gasteiger partial charge in [0.15, 0.2) is 6.23 Å². The predicted octanol–water partition coefficient (Wildman–Crippen LogP) is 5.14. The number of hydrogen-bond acceptors (Lipinski definition) is 8. The fourth-order valence-corrected chi connectivity index (χ4v) is 7.56. The molecule has 1 aliphatic carbocycles. The first-order valence-corrected chi connectivity index (χ1v) is 17.4. The third-order valence-electron chi connectivity index (χ3n) is 8.71. The number of anilines is 1. The Morgan fingerprint density at radius 3 is 2.60 bits per heavy atom. The highest BCUT2D eigenvalue weighted by Gasteiger charge is 2.31. The van der Waals surface area contributed by atoms with Gasteiger partial charge in [0.05, 0.1) is 29.2 Å². The van der Waals surface area contributed by atoms with Crippen molar-refractivity contribution in [2.75, 3.05) is 31.0 Å². The molecule has 0 spiro atoms. The van der Waals surface area contributed by atoms with Crippen LogP contribution >= 0.6 is 0 Å². The minimum atomic E-state index is -3.43. The van der Waals surface area contributed by atoms with Gasteiger partial charge >= 0.3 is 0 Å². The van der Waals surface area contributed by atoms with Crippen molar-refractivity contribution in [3.8, 4) is 5.75 Å². The molecule has 240 valence electrons. The molecule has 0 bridgehead atoms. The Hall–Kier alpha value is -3.48. The van der Waals surface area contributed by atoms with Gasteiger partial charge in [-0.1, -0.05) is 48.9 Å². The second-order valence-electron chi connectivity index (χ2n) is 12.0. The van der Waals surface area contributed by atoms with Crippen LogP contribution in [0.5, 0.6) is 5.75 Å². The van der Waals surface area contributed by atoms with Crippen molar-refractivity contribution < 1.29 is 28.1 Å². The Balaban J connectivity index is 1.14.